The summed E-state index contributed by atoms with van der Waals surface area (Å²) in [6.07, 6.45) is 1.79. The summed E-state index contributed by atoms with van der Waals surface area (Å²) in [4.78, 5) is 22.5. The first-order valence-corrected chi connectivity index (χ1v) is 5.41. The van der Waals surface area contributed by atoms with E-state index in [2.05, 4.69) is 5.32 Å². The quantitative estimate of drug-likeness (QED) is 0.642. The molecule has 1 N–H and O–H groups in total. The third-order valence-electron chi connectivity index (χ3n) is 2.64. The molecule has 1 fully saturated rings. The SMILES string of the molecule is COc1ccc(/C=C2\CC(=O)NC2=O)cc1OC. The summed E-state index contributed by atoms with van der Waals surface area (Å²) >= 11 is 0. The van der Waals surface area contributed by atoms with E-state index in [1.807, 2.05) is 0 Å². The Labute approximate surface area is 104 Å². The number of hydrogen-bond acceptors (Lipinski definition) is 4. The molecule has 18 heavy (non-hydrogen) atoms. The summed E-state index contributed by atoms with van der Waals surface area (Å²) in [5, 5.41) is 2.24. The lowest BCUT2D eigenvalue weighted by Gasteiger charge is -2.07. The Morgan fingerprint density at radius 1 is 1.17 bits per heavy atom. The van der Waals surface area contributed by atoms with Gasteiger partial charge >= 0.3 is 0 Å². The van der Waals surface area contributed by atoms with Gasteiger partial charge in [-0.3, -0.25) is 14.9 Å². The van der Waals surface area contributed by atoms with E-state index in [0.29, 0.717) is 17.1 Å². The van der Waals surface area contributed by atoms with Crippen LogP contribution in [0.1, 0.15) is 12.0 Å². The zero-order chi connectivity index (χ0) is 13.1. The number of nitrogens with one attached hydrogen (secondary N) is 1. The van der Waals surface area contributed by atoms with Gasteiger partial charge in [0, 0.05) is 5.57 Å². The van der Waals surface area contributed by atoms with Crippen molar-refractivity contribution in [2.75, 3.05) is 14.2 Å². The Bertz CT molecular complexity index is 534. The minimum atomic E-state index is -0.338. The van der Waals surface area contributed by atoms with Crippen LogP contribution in [0.4, 0.5) is 0 Å². The number of imide groups is 1. The van der Waals surface area contributed by atoms with Crippen molar-refractivity contribution in [1.29, 1.82) is 0 Å². The average Bonchev–Trinajstić information content (AvgIpc) is 2.67. The van der Waals surface area contributed by atoms with Crippen LogP contribution in [0.2, 0.25) is 0 Å². The van der Waals surface area contributed by atoms with Crippen LogP contribution < -0.4 is 14.8 Å². The summed E-state index contributed by atoms with van der Waals surface area (Å²) < 4.78 is 10.3. The van der Waals surface area contributed by atoms with E-state index < -0.39 is 0 Å². The number of carbonyl (C=O) groups excluding carboxylic acids is 2. The minimum absolute atomic E-state index is 0.118. The van der Waals surface area contributed by atoms with Gasteiger partial charge in [-0.15, -0.1) is 0 Å². The van der Waals surface area contributed by atoms with Crippen LogP contribution in [-0.4, -0.2) is 26.0 Å². The van der Waals surface area contributed by atoms with Crippen LogP contribution in [0.3, 0.4) is 0 Å². The molecule has 0 bridgehead atoms. The van der Waals surface area contributed by atoms with Gasteiger partial charge in [-0.25, -0.2) is 0 Å². The Morgan fingerprint density at radius 3 is 2.44 bits per heavy atom. The summed E-state index contributed by atoms with van der Waals surface area (Å²) in [5.74, 6) is 0.588. The first kappa shape index (κ1) is 12.2. The predicted octanol–water partition coefficient (Wildman–Crippen LogP) is 1.13. The maximum Gasteiger partial charge on any atom is 0.254 e. The molecule has 0 aromatic heterocycles. The number of rotatable bonds is 3. The van der Waals surface area contributed by atoms with Crippen LogP contribution in [0.25, 0.3) is 6.08 Å². The lowest BCUT2D eigenvalue weighted by Crippen LogP contribution is -2.19. The topological polar surface area (TPSA) is 64.6 Å². The molecule has 2 rings (SSSR count). The lowest BCUT2D eigenvalue weighted by molar-refractivity contribution is -0.124. The van der Waals surface area contributed by atoms with Crippen molar-refractivity contribution in [3.63, 3.8) is 0 Å². The van der Waals surface area contributed by atoms with Crippen LogP contribution in [0.15, 0.2) is 23.8 Å². The predicted molar refractivity (Wildman–Crippen MR) is 65.3 cm³/mol. The molecule has 0 saturated carbocycles. The van der Waals surface area contributed by atoms with Gasteiger partial charge in [-0.2, -0.15) is 0 Å². The molecule has 1 heterocycles. The smallest absolute Gasteiger partial charge is 0.254 e. The van der Waals surface area contributed by atoms with Crippen LogP contribution in [0, 0.1) is 0 Å². The molecule has 2 amide bonds. The molecule has 1 aromatic rings. The van der Waals surface area contributed by atoms with Crippen LogP contribution in [0.5, 0.6) is 11.5 Å². The van der Waals surface area contributed by atoms with E-state index >= 15 is 0 Å². The van der Waals surface area contributed by atoms with Crippen LogP contribution in [-0.2, 0) is 9.59 Å². The second kappa shape index (κ2) is 4.91. The summed E-state index contributed by atoms with van der Waals surface area (Å²) in [6.45, 7) is 0. The van der Waals surface area contributed by atoms with Gasteiger partial charge in [0.1, 0.15) is 0 Å². The Kier molecular flexibility index (Phi) is 3.32. The molecule has 0 aliphatic carbocycles. The highest BCUT2D eigenvalue weighted by molar-refractivity contribution is 6.15. The zero-order valence-corrected chi connectivity index (χ0v) is 10.1. The van der Waals surface area contributed by atoms with Gasteiger partial charge in [0.05, 0.1) is 20.6 Å². The molecule has 94 valence electrons. The van der Waals surface area contributed by atoms with Crippen molar-refractivity contribution in [3.05, 3.63) is 29.3 Å². The maximum absolute atomic E-state index is 11.4. The third-order valence-corrected chi connectivity index (χ3v) is 2.64. The number of carbonyl (C=O) groups is 2. The molecule has 1 aromatic carbocycles. The van der Waals surface area contributed by atoms with Crippen molar-refractivity contribution in [3.8, 4) is 11.5 Å². The van der Waals surface area contributed by atoms with Gasteiger partial charge in [-0.1, -0.05) is 6.07 Å². The van der Waals surface area contributed by atoms with E-state index in [1.54, 1.807) is 38.5 Å². The molecule has 1 saturated heterocycles. The first-order chi connectivity index (χ1) is 8.63. The van der Waals surface area contributed by atoms with Gasteiger partial charge in [0.15, 0.2) is 11.5 Å². The summed E-state index contributed by atoms with van der Waals surface area (Å²) in [7, 11) is 3.10. The lowest BCUT2D eigenvalue weighted by atomic mass is 10.1. The Balaban J connectivity index is 2.32. The van der Waals surface area contributed by atoms with Crippen molar-refractivity contribution < 1.29 is 19.1 Å². The number of methoxy groups -OCH3 is 2. The summed E-state index contributed by atoms with van der Waals surface area (Å²) in [5.41, 5.74) is 1.24. The molecule has 0 unspecified atom stereocenters. The highest BCUT2D eigenvalue weighted by atomic mass is 16.5. The normalized spacial score (nSPS) is 16.9. The number of hydrogen-bond donors (Lipinski definition) is 1. The molecule has 0 spiro atoms. The van der Waals surface area contributed by atoms with Crippen molar-refractivity contribution in [2.45, 2.75) is 6.42 Å². The highest BCUT2D eigenvalue weighted by Gasteiger charge is 2.23. The third kappa shape index (κ3) is 2.34. The second-order valence-corrected chi connectivity index (χ2v) is 3.84. The van der Waals surface area contributed by atoms with E-state index in [-0.39, 0.29) is 18.2 Å². The molecular formula is C13H13NO4. The molecule has 1 aliphatic rings. The zero-order valence-electron chi connectivity index (χ0n) is 10.1. The average molecular weight is 247 g/mol. The fourth-order valence-corrected chi connectivity index (χ4v) is 1.76. The van der Waals surface area contributed by atoms with E-state index in [4.69, 9.17) is 9.47 Å². The van der Waals surface area contributed by atoms with Crippen molar-refractivity contribution >= 4 is 17.9 Å². The fourth-order valence-electron chi connectivity index (χ4n) is 1.76. The minimum Gasteiger partial charge on any atom is -0.493 e. The number of benzene rings is 1. The van der Waals surface area contributed by atoms with Crippen molar-refractivity contribution in [2.24, 2.45) is 0 Å². The number of amides is 2. The Hall–Kier alpha value is -2.30. The van der Waals surface area contributed by atoms with Gasteiger partial charge in [0.25, 0.3) is 5.91 Å². The van der Waals surface area contributed by atoms with E-state index in [0.717, 1.165) is 5.56 Å². The molecule has 5 nitrogen and oxygen atoms in total. The second-order valence-electron chi connectivity index (χ2n) is 3.84. The molecular weight excluding hydrogens is 234 g/mol. The standard InChI is InChI=1S/C13H13NO4/c1-17-10-4-3-8(6-11(10)18-2)5-9-7-12(15)14-13(9)16/h3-6H,7H2,1-2H3,(H,14,15,16)/b9-5+. The Morgan fingerprint density at radius 2 is 1.89 bits per heavy atom. The monoisotopic (exact) mass is 247 g/mol. The number of ether oxygens (including phenoxy) is 2. The first-order valence-electron chi connectivity index (χ1n) is 5.41. The van der Waals surface area contributed by atoms with Gasteiger partial charge < -0.3 is 9.47 Å². The van der Waals surface area contributed by atoms with Crippen molar-refractivity contribution in [1.82, 2.24) is 5.32 Å². The molecule has 0 atom stereocenters. The van der Waals surface area contributed by atoms with E-state index in [9.17, 15) is 9.59 Å². The van der Waals surface area contributed by atoms with Crippen LogP contribution >= 0.6 is 0 Å². The summed E-state index contributed by atoms with van der Waals surface area (Å²) in [6, 6.07) is 5.30. The molecule has 5 heteroatoms. The molecule has 1 aliphatic heterocycles. The highest BCUT2D eigenvalue weighted by Crippen LogP contribution is 2.28. The van der Waals surface area contributed by atoms with Gasteiger partial charge in [0.2, 0.25) is 5.91 Å². The molecule has 0 radical (unpaired) electrons. The largest absolute Gasteiger partial charge is 0.493 e. The van der Waals surface area contributed by atoms with E-state index in [1.165, 1.54) is 0 Å². The fraction of sp³-hybridized carbons (Fsp3) is 0.231. The maximum atomic E-state index is 11.4. The van der Waals surface area contributed by atoms with Gasteiger partial charge in [-0.05, 0) is 23.8 Å².